The molecule has 1 aliphatic rings. The maximum Gasteiger partial charge on any atom is 0.311 e. The van der Waals surface area contributed by atoms with E-state index in [1.165, 1.54) is 11.8 Å². The van der Waals surface area contributed by atoms with E-state index in [2.05, 4.69) is 0 Å². The lowest BCUT2D eigenvalue weighted by Gasteiger charge is -2.26. The van der Waals surface area contributed by atoms with E-state index in [9.17, 15) is 18.0 Å². The van der Waals surface area contributed by atoms with Crippen molar-refractivity contribution in [2.24, 2.45) is 0 Å². The third kappa shape index (κ3) is 4.06. The summed E-state index contributed by atoms with van der Waals surface area (Å²) in [6, 6.07) is 3.51. The Labute approximate surface area is 164 Å². The smallest absolute Gasteiger partial charge is 0.311 e. The summed E-state index contributed by atoms with van der Waals surface area (Å²) in [5.41, 5.74) is 3.58. The highest BCUT2D eigenvalue weighted by atomic mass is 32.2. The van der Waals surface area contributed by atoms with E-state index in [1.807, 2.05) is 26.0 Å². The van der Waals surface area contributed by atoms with Gasteiger partial charge in [0.1, 0.15) is 5.58 Å². The van der Waals surface area contributed by atoms with Crippen LogP contribution in [-0.2, 0) is 30.6 Å². The van der Waals surface area contributed by atoms with Crippen LogP contribution in [0.25, 0.3) is 11.0 Å². The monoisotopic (exact) mass is 407 g/mol. The summed E-state index contributed by atoms with van der Waals surface area (Å²) in [7, 11) is -1.55. The number of ether oxygens (including phenoxy) is 1. The average Bonchev–Trinajstić information content (AvgIpc) is 3.20. The Morgan fingerprint density at radius 3 is 2.68 bits per heavy atom. The highest BCUT2D eigenvalue weighted by Crippen LogP contribution is 2.27. The predicted molar refractivity (Wildman–Crippen MR) is 105 cm³/mol. The molecule has 152 valence electrons. The van der Waals surface area contributed by atoms with Crippen LogP contribution in [0.4, 0.5) is 0 Å². The summed E-state index contributed by atoms with van der Waals surface area (Å²) in [6.45, 7) is 5.45. The molecule has 0 radical (unpaired) electrons. The van der Waals surface area contributed by atoms with Crippen molar-refractivity contribution in [2.75, 3.05) is 18.6 Å². The van der Waals surface area contributed by atoms with Crippen molar-refractivity contribution >= 4 is 32.7 Å². The van der Waals surface area contributed by atoms with Gasteiger partial charge in [-0.05, 0) is 38.3 Å². The Hall–Kier alpha value is -2.35. The zero-order valence-electron chi connectivity index (χ0n) is 16.5. The molecule has 1 amide bonds. The van der Waals surface area contributed by atoms with Crippen LogP contribution in [0, 0.1) is 13.8 Å². The van der Waals surface area contributed by atoms with Gasteiger partial charge in [-0.1, -0.05) is 12.1 Å². The number of benzene rings is 1. The molecule has 1 fully saturated rings. The van der Waals surface area contributed by atoms with Gasteiger partial charge in [0, 0.05) is 24.0 Å². The van der Waals surface area contributed by atoms with Crippen molar-refractivity contribution in [3.8, 4) is 0 Å². The zero-order chi connectivity index (χ0) is 20.6. The molecular weight excluding hydrogens is 382 g/mol. The lowest BCUT2D eigenvalue weighted by atomic mass is 10.0. The molecule has 2 aromatic rings. The van der Waals surface area contributed by atoms with Gasteiger partial charge in [0.15, 0.2) is 15.9 Å². The third-order valence-corrected chi connectivity index (χ3v) is 7.19. The molecule has 3 rings (SSSR count). The Morgan fingerprint density at radius 1 is 1.32 bits per heavy atom. The minimum absolute atomic E-state index is 0.00531. The van der Waals surface area contributed by atoms with Crippen LogP contribution in [0.1, 0.15) is 30.0 Å². The molecule has 7 nitrogen and oxygen atoms in total. The largest absolute Gasteiger partial charge is 0.464 e. The number of nitrogens with zero attached hydrogens (tertiary/aromatic N) is 1. The summed E-state index contributed by atoms with van der Waals surface area (Å²) in [5.74, 6) is -0.904. The van der Waals surface area contributed by atoms with E-state index in [0.29, 0.717) is 12.0 Å². The van der Waals surface area contributed by atoms with Gasteiger partial charge < -0.3 is 14.1 Å². The van der Waals surface area contributed by atoms with Crippen LogP contribution in [0.2, 0.25) is 0 Å². The van der Waals surface area contributed by atoms with Gasteiger partial charge >= 0.3 is 5.97 Å². The topological polar surface area (TPSA) is 93.9 Å². The molecule has 28 heavy (non-hydrogen) atoms. The Balaban J connectivity index is 1.63. The fourth-order valence-electron chi connectivity index (χ4n) is 3.52. The highest BCUT2D eigenvalue weighted by Gasteiger charge is 2.35. The van der Waals surface area contributed by atoms with Crippen molar-refractivity contribution in [3.63, 3.8) is 0 Å². The van der Waals surface area contributed by atoms with Gasteiger partial charge in [-0.25, -0.2) is 8.42 Å². The van der Waals surface area contributed by atoms with Crippen LogP contribution in [0.3, 0.4) is 0 Å². The van der Waals surface area contributed by atoms with Gasteiger partial charge in [-0.3, -0.25) is 9.59 Å². The number of hydrogen-bond donors (Lipinski definition) is 0. The number of sulfone groups is 1. The average molecular weight is 407 g/mol. The van der Waals surface area contributed by atoms with E-state index in [0.717, 1.165) is 22.1 Å². The van der Waals surface area contributed by atoms with Crippen LogP contribution >= 0.6 is 0 Å². The molecule has 1 aliphatic heterocycles. The minimum atomic E-state index is -3.10. The zero-order valence-corrected chi connectivity index (χ0v) is 17.3. The van der Waals surface area contributed by atoms with Crippen molar-refractivity contribution in [3.05, 3.63) is 35.1 Å². The number of aryl methyl sites for hydroxylation is 2. The maximum absolute atomic E-state index is 12.5. The molecule has 0 bridgehead atoms. The molecule has 0 unspecified atom stereocenters. The summed E-state index contributed by atoms with van der Waals surface area (Å²) in [5, 5.41) is 0.854. The molecule has 0 spiro atoms. The van der Waals surface area contributed by atoms with Crippen LogP contribution in [0.5, 0.6) is 0 Å². The quantitative estimate of drug-likeness (QED) is 0.705. The SMILES string of the molecule is Cc1ccc2c(CC(=O)O[C@H](C)C(=O)N(C)[C@@H]3CCS(=O)(=O)C3)coc2c1C. The number of carbonyl (C=O) groups is 2. The lowest BCUT2D eigenvalue weighted by molar-refractivity contribution is -0.158. The van der Waals surface area contributed by atoms with E-state index >= 15 is 0 Å². The van der Waals surface area contributed by atoms with Gasteiger partial charge in [0.25, 0.3) is 5.91 Å². The van der Waals surface area contributed by atoms with Gasteiger partial charge in [-0.15, -0.1) is 0 Å². The van der Waals surface area contributed by atoms with E-state index in [4.69, 9.17) is 9.15 Å². The van der Waals surface area contributed by atoms with E-state index in [-0.39, 0.29) is 24.0 Å². The van der Waals surface area contributed by atoms with Crippen molar-refractivity contribution in [1.82, 2.24) is 4.90 Å². The second-order valence-electron chi connectivity index (χ2n) is 7.46. The van der Waals surface area contributed by atoms with Crippen LogP contribution in [-0.4, -0.2) is 55.9 Å². The number of rotatable bonds is 5. The lowest BCUT2D eigenvalue weighted by Crippen LogP contribution is -2.44. The summed E-state index contributed by atoms with van der Waals surface area (Å²) < 4.78 is 34.1. The first kappa shape index (κ1) is 20.4. The molecule has 0 saturated carbocycles. The normalized spacial score (nSPS) is 19.5. The van der Waals surface area contributed by atoms with Crippen molar-refractivity contribution < 1.29 is 27.2 Å². The molecule has 8 heteroatoms. The number of likely N-dealkylation sites (N-methyl/N-ethyl adjacent to an activating group) is 1. The predicted octanol–water partition coefficient (Wildman–Crippen LogP) is 2.17. The first-order valence-electron chi connectivity index (χ1n) is 9.22. The molecule has 1 aromatic heterocycles. The summed E-state index contributed by atoms with van der Waals surface area (Å²) in [4.78, 5) is 26.2. The standard InChI is InChI=1S/C20H25NO6S/c1-12-5-6-17-15(10-26-19(17)13(12)2)9-18(22)27-14(3)20(23)21(4)16-7-8-28(24,25)11-16/h5-6,10,14,16H,7-9,11H2,1-4H3/t14-,16-/m1/s1. The molecule has 0 N–H and O–H groups in total. The Bertz CT molecular complexity index is 1020. The second kappa shape index (κ2) is 7.58. The minimum Gasteiger partial charge on any atom is -0.464 e. The molecule has 2 heterocycles. The van der Waals surface area contributed by atoms with Crippen molar-refractivity contribution in [2.45, 2.75) is 45.8 Å². The summed E-state index contributed by atoms with van der Waals surface area (Å²) >= 11 is 0. The molecular formula is C20H25NO6S. The molecule has 2 atom stereocenters. The molecule has 0 aliphatic carbocycles. The third-order valence-electron chi connectivity index (χ3n) is 5.44. The Morgan fingerprint density at radius 2 is 2.04 bits per heavy atom. The van der Waals surface area contributed by atoms with Gasteiger partial charge in [-0.2, -0.15) is 0 Å². The fraction of sp³-hybridized carbons (Fsp3) is 0.500. The second-order valence-corrected chi connectivity index (χ2v) is 9.69. The van der Waals surface area contributed by atoms with Crippen LogP contribution in [0.15, 0.2) is 22.8 Å². The number of hydrogen-bond acceptors (Lipinski definition) is 6. The van der Waals surface area contributed by atoms with Crippen molar-refractivity contribution in [1.29, 1.82) is 0 Å². The maximum atomic E-state index is 12.5. The van der Waals surface area contributed by atoms with E-state index < -0.39 is 27.8 Å². The van der Waals surface area contributed by atoms with Crippen LogP contribution < -0.4 is 0 Å². The summed E-state index contributed by atoms with van der Waals surface area (Å²) in [6.07, 6.45) is 0.961. The Kier molecular flexibility index (Phi) is 5.52. The number of esters is 1. The number of fused-ring (bicyclic) bond motifs is 1. The first-order valence-corrected chi connectivity index (χ1v) is 11.0. The highest BCUT2D eigenvalue weighted by molar-refractivity contribution is 7.91. The molecule has 1 aromatic carbocycles. The molecule has 1 saturated heterocycles. The van der Waals surface area contributed by atoms with Gasteiger partial charge in [0.2, 0.25) is 0 Å². The first-order chi connectivity index (χ1) is 13.1. The number of amides is 1. The number of carbonyl (C=O) groups excluding carboxylic acids is 2. The fourth-order valence-corrected chi connectivity index (χ4v) is 5.29. The van der Waals surface area contributed by atoms with Gasteiger partial charge in [0.05, 0.1) is 24.2 Å². The number of furan rings is 1. The van der Waals surface area contributed by atoms with E-state index in [1.54, 1.807) is 13.3 Å².